The Morgan fingerprint density at radius 2 is 1.59 bits per heavy atom. The Kier molecular flexibility index (Phi) is 9.65. The Balaban J connectivity index is 2.06. The van der Waals surface area contributed by atoms with Crippen LogP contribution >= 0.6 is 0 Å². The van der Waals surface area contributed by atoms with Crippen molar-refractivity contribution in [3.05, 3.63) is 53.6 Å². The summed E-state index contributed by atoms with van der Waals surface area (Å²) in [4.78, 5) is 4.75. The maximum Gasteiger partial charge on any atom is 0.203 e. The molecule has 0 spiro atoms. The van der Waals surface area contributed by atoms with Gasteiger partial charge in [0.2, 0.25) is 5.75 Å². The Labute approximate surface area is 192 Å². The van der Waals surface area contributed by atoms with Gasteiger partial charge >= 0.3 is 0 Å². The van der Waals surface area contributed by atoms with E-state index in [2.05, 4.69) is 67.9 Å². The number of ether oxygens (including phenoxy) is 3. The number of methoxy groups -OCH3 is 3. The first-order chi connectivity index (χ1) is 15.3. The minimum Gasteiger partial charge on any atom is -0.493 e. The van der Waals surface area contributed by atoms with Gasteiger partial charge in [-0.3, -0.25) is 0 Å². The van der Waals surface area contributed by atoms with Crippen LogP contribution < -0.4 is 30.2 Å². The number of nitrogens with one attached hydrogen (secondary N) is 3. The molecule has 0 bridgehead atoms. The Bertz CT molecular complexity index is 844. The summed E-state index contributed by atoms with van der Waals surface area (Å²) in [7, 11) is 4.82. The minimum atomic E-state index is -0.141. The molecule has 0 amide bonds. The highest BCUT2D eigenvalue weighted by Crippen LogP contribution is 2.38. The third-order valence-corrected chi connectivity index (χ3v) is 5.09. The lowest BCUT2D eigenvalue weighted by Gasteiger charge is -2.31. The molecule has 176 valence electrons. The standard InChI is InChI=1S/C25H38N4O3/c1-8-26-24(27-16-19-14-21(30-5)23(32-7)22(15-19)31-6)28-17-25(3,4)29-18(2)20-12-10-9-11-13-20/h9-15,18,29H,8,16-17H2,1-7H3,(H2,26,27,28). The average Bonchev–Trinajstić information content (AvgIpc) is 2.80. The lowest BCUT2D eigenvalue weighted by molar-refractivity contribution is 0.324. The lowest BCUT2D eigenvalue weighted by Crippen LogP contribution is -2.52. The molecule has 1 atom stereocenters. The zero-order chi connectivity index (χ0) is 23.6. The molecule has 0 saturated heterocycles. The monoisotopic (exact) mass is 442 g/mol. The zero-order valence-electron chi connectivity index (χ0n) is 20.4. The Hall–Kier alpha value is -2.93. The average molecular weight is 443 g/mol. The molecule has 0 aliphatic rings. The molecule has 3 N–H and O–H groups in total. The van der Waals surface area contributed by atoms with E-state index in [-0.39, 0.29) is 11.6 Å². The third kappa shape index (κ3) is 7.34. The van der Waals surface area contributed by atoms with Crippen LogP contribution in [0.4, 0.5) is 0 Å². The predicted octanol–water partition coefficient (Wildman–Crippen LogP) is 3.90. The van der Waals surface area contributed by atoms with Gasteiger partial charge in [-0.1, -0.05) is 30.3 Å². The molecule has 1 unspecified atom stereocenters. The molecule has 0 radical (unpaired) electrons. The van der Waals surface area contributed by atoms with Crippen LogP contribution in [0.3, 0.4) is 0 Å². The summed E-state index contributed by atoms with van der Waals surface area (Å²) in [5, 5.41) is 10.5. The summed E-state index contributed by atoms with van der Waals surface area (Å²) in [5.74, 6) is 2.57. The van der Waals surface area contributed by atoms with Crippen molar-refractivity contribution in [2.24, 2.45) is 4.99 Å². The van der Waals surface area contributed by atoms with Gasteiger partial charge in [0.15, 0.2) is 17.5 Å². The van der Waals surface area contributed by atoms with E-state index in [1.54, 1.807) is 21.3 Å². The van der Waals surface area contributed by atoms with Crippen LogP contribution in [0.25, 0.3) is 0 Å². The van der Waals surface area contributed by atoms with E-state index >= 15 is 0 Å². The second-order valence-electron chi connectivity index (χ2n) is 8.24. The van der Waals surface area contributed by atoms with Crippen molar-refractivity contribution in [2.45, 2.75) is 45.8 Å². The highest BCUT2D eigenvalue weighted by atomic mass is 16.5. The van der Waals surface area contributed by atoms with Gasteiger partial charge < -0.3 is 30.2 Å². The molecule has 0 aliphatic heterocycles. The van der Waals surface area contributed by atoms with Gasteiger partial charge in [0, 0.05) is 24.7 Å². The normalized spacial score (nSPS) is 12.8. The van der Waals surface area contributed by atoms with E-state index in [0.29, 0.717) is 30.3 Å². The Morgan fingerprint density at radius 3 is 2.12 bits per heavy atom. The number of benzene rings is 2. The number of hydrogen-bond acceptors (Lipinski definition) is 5. The fourth-order valence-corrected chi connectivity index (χ4v) is 3.51. The van der Waals surface area contributed by atoms with Crippen LogP contribution in [0, 0.1) is 0 Å². The summed E-state index contributed by atoms with van der Waals surface area (Å²) in [6.45, 7) is 10.6. The van der Waals surface area contributed by atoms with E-state index in [4.69, 9.17) is 19.2 Å². The van der Waals surface area contributed by atoms with Gasteiger partial charge in [0.25, 0.3) is 0 Å². The number of nitrogens with zero attached hydrogens (tertiary/aromatic N) is 1. The highest BCUT2D eigenvalue weighted by molar-refractivity contribution is 5.79. The molecule has 2 aromatic rings. The first-order valence-electron chi connectivity index (χ1n) is 11.0. The molecule has 0 fully saturated rings. The van der Waals surface area contributed by atoms with Crippen molar-refractivity contribution in [1.29, 1.82) is 0 Å². The minimum absolute atomic E-state index is 0.141. The van der Waals surface area contributed by atoms with Crippen molar-refractivity contribution in [2.75, 3.05) is 34.4 Å². The van der Waals surface area contributed by atoms with Crippen LogP contribution in [-0.4, -0.2) is 45.9 Å². The maximum atomic E-state index is 5.45. The molecule has 32 heavy (non-hydrogen) atoms. The summed E-state index contributed by atoms with van der Waals surface area (Å²) >= 11 is 0. The SMILES string of the molecule is CCNC(=NCc1cc(OC)c(OC)c(OC)c1)NCC(C)(C)NC(C)c1ccccc1. The number of hydrogen-bond donors (Lipinski definition) is 3. The van der Waals surface area contributed by atoms with Gasteiger partial charge in [0.1, 0.15) is 0 Å². The van der Waals surface area contributed by atoms with E-state index in [0.717, 1.165) is 18.1 Å². The first-order valence-corrected chi connectivity index (χ1v) is 11.0. The highest BCUT2D eigenvalue weighted by Gasteiger charge is 2.21. The third-order valence-electron chi connectivity index (χ3n) is 5.09. The van der Waals surface area contributed by atoms with Crippen molar-refractivity contribution < 1.29 is 14.2 Å². The molecular formula is C25H38N4O3. The van der Waals surface area contributed by atoms with Gasteiger partial charge in [-0.05, 0) is 51.0 Å². The second-order valence-corrected chi connectivity index (χ2v) is 8.24. The van der Waals surface area contributed by atoms with Crippen molar-refractivity contribution in [3.8, 4) is 17.2 Å². The molecule has 0 saturated carbocycles. The van der Waals surface area contributed by atoms with Crippen LogP contribution in [0.1, 0.15) is 44.9 Å². The summed E-state index contributed by atoms with van der Waals surface area (Å²) < 4.78 is 16.3. The van der Waals surface area contributed by atoms with Crippen molar-refractivity contribution in [1.82, 2.24) is 16.0 Å². The largest absolute Gasteiger partial charge is 0.493 e. The smallest absolute Gasteiger partial charge is 0.203 e. The summed E-state index contributed by atoms with van der Waals surface area (Å²) in [6, 6.07) is 14.5. The van der Waals surface area contributed by atoms with E-state index in [9.17, 15) is 0 Å². The number of aliphatic imine (C=N–C) groups is 1. The molecular weight excluding hydrogens is 404 g/mol. The van der Waals surface area contributed by atoms with E-state index in [1.165, 1.54) is 5.56 Å². The van der Waals surface area contributed by atoms with Crippen LogP contribution in [0.2, 0.25) is 0 Å². The maximum absolute atomic E-state index is 5.45. The number of rotatable bonds is 11. The van der Waals surface area contributed by atoms with Gasteiger partial charge in [0.05, 0.1) is 27.9 Å². The number of guanidine groups is 1. The molecule has 0 aliphatic carbocycles. The molecule has 0 heterocycles. The van der Waals surface area contributed by atoms with Gasteiger partial charge in [-0.2, -0.15) is 0 Å². The summed E-state index contributed by atoms with van der Waals surface area (Å²) in [6.07, 6.45) is 0. The van der Waals surface area contributed by atoms with Crippen LogP contribution in [-0.2, 0) is 6.54 Å². The molecule has 7 heteroatoms. The summed E-state index contributed by atoms with van der Waals surface area (Å²) in [5.41, 5.74) is 2.09. The van der Waals surface area contributed by atoms with Crippen LogP contribution in [0.5, 0.6) is 17.2 Å². The lowest BCUT2D eigenvalue weighted by atomic mass is 10.0. The topological polar surface area (TPSA) is 76.1 Å². The Morgan fingerprint density at radius 1 is 0.969 bits per heavy atom. The van der Waals surface area contributed by atoms with Crippen LogP contribution in [0.15, 0.2) is 47.5 Å². The predicted molar refractivity (Wildman–Crippen MR) is 131 cm³/mol. The second kappa shape index (κ2) is 12.2. The molecule has 2 rings (SSSR count). The van der Waals surface area contributed by atoms with Gasteiger partial charge in [-0.25, -0.2) is 4.99 Å². The van der Waals surface area contributed by atoms with Crippen molar-refractivity contribution >= 4 is 5.96 Å². The quantitative estimate of drug-likeness (QED) is 0.362. The van der Waals surface area contributed by atoms with E-state index in [1.807, 2.05) is 18.2 Å². The molecule has 0 aromatic heterocycles. The molecule has 2 aromatic carbocycles. The fraction of sp³-hybridized carbons (Fsp3) is 0.480. The zero-order valence-corrected chi connectivity index (χ0v) is 20.4. The van der Waals surface area contributed by atoms with Gasteiger partial charge in [-0.15, -0.1) is 0 Å². The molecule has 7 nitrogen and oxygen atoms in total. The van der Waals surface area contributed by atoms with Crippen molar-refractivity contribution in [3.63, 3.8) is 0 Å². The van der Waals surface area contributed by atoms with E-state index < -0.39 is 0 Å². The fourth-order valence-electron chi connectivity index (χ4n) is 3.51. The first kappa shape index (κ1) is 25.3.